The van der Waals surface area contributed by atoms with Gasteiger partial charge in [-0.15, -0.1) is 0 Å². The highest BCUT2D eigenvalue weighted by Crippen LogP contribution is 2.35. The highest BCUT2D eigenvalue weighted by atomic mass is 35.5. The van der Waals surface area contributed by atoms with Gasteiger partial charge in [0.15, 0.2) is 17.3 Å². The van der Waals surface area contributed by atoms with E-state index in [-0.39, 0.29) is 19.2 Å². The van der Waals surface area contributed by atoms with Gasteiger partial charge in [0.1, 0.15) is 5.69 Å². The summed E-state index contributed by atoms with van der Waals surface area (Å²) in [6.45, 7) is 0.479. The topological polar surface area (TPSA) is 73.6 Å². The molecule has 7 heteroatoms. The van der Waals surface area contributed by atoms with Gasteiger partial charge in [-0.25, -0.2) is 0 Å². The molecule has 0 spiro atoms. The number of hydrogen-bond donors (Lipinski definition) is 1. The van der Waals surface area contributed by atoms with E-state index in [0.717, 1.165) is 5.56 Å². The fourth-order valence-corrected chi connectivity index (χ4v) is 2.58. The minimum Gasteiger partial charge on any atom is -0.454 e. The van der Waals surface area contributed by atoms with Crippen LogP contribution in [0.25, 0.3) is 11.3 Å². The third-order valence-electron chi connectivity index (χ3n) is 3.75. The van der Waals surface area contributed by atoms with Gasteiger partial charge < -0.3 is 19.3 Å². The fourth-order valence-electron chi connectivity index (χ4n) is 2.46. The van der Waals surface area contributed by atoms with E-state index in [4.69, 9.17) is 25.6 Å². The predicted octanol–water partition coefficient (Wildman–Crippen LogP) is 3.65. The van der Waals surface area contributed by atoms with Gasteiger partial charge >= 0.3 is 0 Å². The maximum Gasteiger partial charge on any atom is 0.251 e. The normalized spacial score (nSPS) is 12.2. The molecular formula is C18H13ClN2O4. The summed E-state index contributed by atoms with van der Waals surface area (Å²) in [4.78, 5) is 12.1. The Hall–Kier alpha value is -2.99. The van der Waals surface area contributed by atoms with Gasteiger partial charge in [-0.1, -0.05) is 16.8 Å². The highest BCUT2D eigenvalue weighted by molar-refractivity contribution is 6.30. The van der Waals surface area contributed by atoms with Crippen molar-refractivity contribution in [3.05, 3.63) is 64.8 Å². The third-order valence-corrected chi connectivity index (χ3v) is 4.00. The van der Waals surface area contributed by atoms with Crippen LogP contribution in [0.3, 0.4) is 0 Å². The summed E-state index contributed by atoms with van der Waals surface area (Å²) >= 11 is 5.81. The Bertz CT molecular complexity index is 921. The summed E-state index contributed by atoms with van der Waals surface area (Å²) in [6, 6.07) is 14.0. The Morgan fingerprint density at radius 3 is 2.72 bits per heavy atom. The second kappa shape index (κ2) is 6.49. The zero-order chi connectivity index (χ0) is 17.2. The Morgan fingerprint density at radius 1 is 1.08 bits per heavy atom. The molecule has 1 N–H and O–H groups in total. The molecule has 0 fully saturated rings. The maximum absolute atomic E-state index is 12.1. The van der Waals surface area contributed by atoms with E-state index < -0.39 is 0 Å². The molecule has 0 saturated carbocycles. The highest BCUT2D eigenvalue weighted by Gasteiger charge is 2.16. The van der Waals surface area contributed by atoms with Crippen LogP contribution in [0.4, 0.5) is 0 Å². The molecule has 126 valence electrons. The lowest BCUT2D eigenvalue weighted by Crippen LogP contribution is -2.22. The smallest absolute Gasteiger partial charge is 0.251 e. The first kappa shape index (κ1) is 15.5. The molecule has 25 heavy (non-hydrogen) atoms. The molecule has 0 aliphatic carbocycles. The zero-order valence-corrected chi connectivity index (χ0v) is 13.7. The summed E-state index contributed by atoms with van der Waals surface area (Å²) < 4.78 is 16.0. The van der Waals surface area contributed by atoms with Crippen molar-refractivity contribution in [2.45, 2.75) is 6.54 Å². The SMILES string of the molecule is O=C(NCc1cc(-c2ccc3c(c2)OCO3)on1)c1ccc(Cl)cc1. The first-order valence-corrected chi connectivity index (χ1v) is 7.96. The number of rotatable bonds is 4. The number of halogens is 1. The standard InChI is InChI=1S/C18H13ClN2O4/c19-13-4-1-11(2-5-13)18(22)20-9-14-8-16(25-21-14)12-3-6-15-17(7-12)24-10-23-15/h1-8H,9-10H2,(H,20,22). The minimum atomic E-state index is -0.204. The van der Waals surface area contributed by atoms with Crippen LogP contribution in [0.5, 0.6) is 11.5 Å². The Balaban J connectivity index is 1.43. The molecule has 0 atom stereocenters. The van der Waals surface area contributed by atoms with Crippen molar-refractivity contribution in [2.75, 3.05) is 6.79 Å². The number of benzene rings is 2. The van der Waals surface area contributed by atoms with Crippen LogP contribution in [0.1, 0.15) is 16.1 Å². The lowest BCUT2D eigenvalue weighted by molar-refractivity contribution is 0.0950. The van der Waals surface area contributed by atoms with Crippen molar-refractivity contribution < 1.29 is 18.8 Å². The molecule has 0 radical (unpaired) electrons. The number of aromatic nitrogens is 1. The van der Waals surface area contributed by atoms with Gasteiger partial charge in [0.2, 0.25) is 6.79 Å². The minimum absolute atomic E-state index is 0.204. The second-order valence-electron chi connectivity index (χ2n) is 5.44. The predicted molar refractivity (Wildman–Crippen MR) is 90.7 cm³/mol. The molecule has 0 saturated heterocycles. The van der Waals surface area contributed by atoms with Crippen LogP contribution in [-0.4, -0.2) is 17.9 Å². The van der Waals surface area contributed by atoms with Crippen LogP contribution in [-0.2, 0) is 6.54 Å². The van der Waals surface area contributed by atoms with Gasteiger partial charge in [-0.2, -0.15) is 0 Å². The van der Waals surface area contributed by atoms with E-state index in [0.29, 0.717) is 33.5 Å². The van der Waals surface area contributed by atoms with Gasteiger partial charge in [-0.05, 0) is 42.5 Å². The van der Waals surface area contributed by atoms with E-state index >= 15 is 0 Å². The summed E-state index contributed by atoms with van der Waals surface area (Å²) in [7, 11) is 0. The van der Waals surface area contributed by atoms with Crippen molar-refractivity contribution in [3.63, 3.8) is 0 Å². The van der Waals surface area contributed by atoms with E-state index in [2.05, 4.69) is 10.5 Å². The van der Waals surface area contributed by atoms with Crippen LogP contribution in [0, 0.1) is 0 Å². The maximum atomic E-state index is 12.1. The number of nitrogens with one attached hydrogen (secondary N) is 1. The molecule has 4 rings (SSSR count). The van der Waals surface area contributed by atoms with Gasteiger partial charge in [0.05, 0.1) is 6.54 Å². The fraction of sp³-hybridized carbons (Fsp3) is 0.111. The number of fused-ring (bicyclic) bond motifs is 1. The summed E-state index contributed by atoms with van der Waals surface area (Å²) in [5.74, 6) is 1.77. The molecule has 0 unspecified atom stereocenters. The first-order valence-electron chi connectivity index (χ1n) is 7.58. The average molecular weight is 357 g/mol. The Labute approximate surface area is 148 Å². The lowest BCUT2D eigenvalue weighted by Gasteiger charge is -2.02. The van der Waals surface area contributed by atoms with Crippen molar-refractivity contribution >= 4 is 17.5 Å². The van der Waals surface area contributed by atoms with Crippen molar-refractivity contribution in [1.29, 1.82) is 0 Å². The second-order valence-corrected chi connectivity index (χ2v) is 5.88. The van der Waals surface area contributed by atoms with Crippen LogP contribution >= 0.6 is 11.6 Å². The molecule has 1 amide bonds. The number of nitrogens with zero attached hydrogens (tertiary/aromatic N) is 1. The van der Waals surface area contributed by atoms with Crippen LogP contribution < -0.4 is 14.8 Å². The van der Waals surface area contributed by atoms with Gasteiger partial charge in [0.25, 0.3) is 5.91 Å². The van der Waals surface area contributed by atoms with Crippen molar-refractivity contribution in [1.82, 2.24) is 10.5 Å². The monoisotopic (exact) mass is 356 g/mol. The largest absolute Gasteiger partial charge is 0.454 e. The first-order chi connectivity index (χ1) is 12.2. The molecule has 2 heterocycles. The summed E-state index contributed by atoms with van der Waals surface area (Å²) in [6.07, 6.45) is 0. The number of hydrogen-bond acceptors (Lipinski definition) is 5. The van der Waals surface area contributed by atoms with E-state index in [1.165, 1.54) is 0 Å². The molecule has 3 aromatic rings. The van der Waals surface area contributed by atoms with Crippen LogP contribution in [0.15, 0.2) is 53.1 Å². The molecular weight excluding hydrogens is 344 g/mol. The third kappa shape index (κ3) is 3.29. The Kier molecular flexibility index (Phi) is 4.03. The van der Waals surface area contributed by atoms with Crippen LogP contribution in [0.2, 0.25) is 5.02 Å². The number of carbonyl (C=O) groups is 1. The van der Waals surface area contributed by atoms with E-state index in [1.807, 2.05) is 18.2 Å². The number of amides is 1. The molecule has 0 bridgehead atoms. The van der Waals surface area contributed by atoms with Crippen molar-refractivity contribution in [2.24, 2.45) is 0 Å². The van der Waals surface area contributed by atoms with Gasteiger partial charge in [0, 0.05) is 22.2 Å². The van der Waals surface area contributed by atoms with Gasteiger partial charge in [-0.3, -0.25) is 4.79 Å². The summed E-state index contributed by atoms with van der Waals surface area (Å²) in [5.41, 5.74) is 1.98. The molecule has 1 aliphatic rings. The molecule has 6 nitrogen and oxygen atoms in total. The van der Waals surface area contributed by atoms with E-state index in [9.17, 15) is 4.79 Å². The van der Waals surface area contributed by atoms with E-state index in [1.54, 1.807) is 30.3 Å². The van der Waals surface area contributed by atoms with Crippen molar-refractivity contribution in [3.8, 4) is 22.8 Å². The quantitative estimate of drug-likeness (QED) is 0.772. The number of carbonyl (C=O) groups excluding carboxylic acids is 1. The lowest BCUT2D eigenvalue weighted by atomic mass is 10.1. The number of ether oxygens (including phenoxy) is 2. The molecule has 1 aliphatic heterocycles. The Morgan fingerprint density at radius 2 is 1.88 bits per heavy atom. The molecule has 2 aromatic carbocycles. The average Bonchev–Trinajstić information content (AvgIpc) is 3.28. The zero-order valence-electron chi connectivity index (χ0n) is 13.0. The molecule has 1 aromatic heterocycles. The summed E-state index contributed by atoms with van der Waals surface area (Å²) in [5, 5.41) is 7.36.